The van der Waals surface area contributed by atoms with Crippen LogP contribution in [0.3, 0.4) is 0 Å². The van der Waals surface area contributed by atoms with Gasteiger partial charge < -0.3 is 0 Å². The van der Waals surface area contributed by atoms with Crippen LogP contribution in [0.25, 0.3) is 11.1 Å². The van der Waals surface area contributed by atoms with Gasteiger partial charge in [-0.05, 0) is 17.7 Å². The Morgan fingerprint density at radius 2 is 2.12 bits per heavy atom. The Labute approximate surface area is 97.7 Å². The Kier molecular flexibility index (Phi) is 2.89. The lowest BCUT2D eigenvalue weighted by Crippen LogP contribution is -1.88. The number of nitriles is 1. The highest BCUT2D eigenvalue weighted by Gasteiger charge is 2.09. The van der Waals surface area contributed by atoms with E-state index in [1.165, 1.54) is 6.07 Å². The molecular formula is C13H6ClFN. The highest BCUT2D eigenvalue weighted by Crippen LogP contribution is 2.26. The van der Waals surface area contributed by atoms with Crippen molar-refractivity contribution in [1.29, 1.82) is 5.26 Å². The smallest absolute Gasteiger partial charge is 0.141 e. The lowest BCUT2D eigenvalue weighted by molar-refractivity contribution is 0.624. The Bertz CT molecular complexity index is 572. The van der Waals surface area contributed by atoms with Crippen LogP contribution in [0.15, 0.2) is 36.4 Å². The molecule has 1 radical (unpaired) electrons. The lowest BCUT2D eigenvalue weighted by Gasteiger charge is -2.04. The van der Waals surface area contributed by atoms with Gasteiger partial charge in [-0.15, -0.1) is 0 Å². The number of hydrogen-bond donors (Lipinski definition) is 0. The zero-order valence-corrected chi connectivity index (χ0v) is 8.92. The zero-order valence-electron chi connectivity index (χ0n) is 8.17. The van der Waals surface area contributed by atoms with Gasteiger partial charge in [-0.1, -0.05) is 35.9 Å². The molecule has 0 saturated heterocycles. The van der Waals surface area contributed by atoms with Gasteiger partial charge in [-0.2, -0.15) is 5.26 Å². The third-order valence-electron chi connectivity index (χ3n) is 2.20. The largest absolute Gasteiger partial charge is 0.206 e. The Morgan fingerprint density at radius 3 is 2.81 bits per heavy atom. The molecule has 0 aromatic heterocycles. The molecule has 0 fully saturated rings. The van der Waals surface area contributed by atoms with E-state index < -0.39 is 5.82 Å². The van der Waals surface area contributed by atoms with Gasteiger partial charge in [0, 0.05) is 16.7 Å². The summed E-state index contributed by atoms with van der Waals surface area (Å²) >= 11 is 5.80. The van der Waals surface area contributed by atoms with Crippen molar-refractivity contribution in [1.82, 2.24) is 0 Å². The predicted octanol–water partition coefficient (Wildman–Crippen LogP) is 3.82. The van der Waals surface area contributed by atoms with E-state index in [-0.39, 0.29) is 5.56 Å². The van der Waals surface area contributed by atoms with Crippen molar-refractivity contribution in [2.24, 2.45) is 0 Å². The van der Waals surface area contributed by atoms with E-state index in [1.54, 1.807) is 30.3 Å². The van der Waals surface area contributed by atoms with Crippen molar-refractivity contribution in [3.05, 3.63) is 58.9 Å². The third-order valence-corrected chi connectivity index (χ3v) is 2.42. The van der Waals surface area contributed by atoms with E-state index in [0.717, 1.165) is 0 Å². The summed E-state index contributed by atoms with van der Waals surface area (Å²) in [6, 6.07) is 14.2. The second-order valence-electron chi connectivity index (χ2n) is 3.20. The average Bonchev–Trinajstić information content (AvgIpc) is 2.28. The summed E-state index contributed by atoms with van der Waals surface area (Å²) in [6.07, 6.45) is 0. The predicted molar refractivity (Wildman–Crippen MR) is 60.4 cm³/mol. The lowest BCUT2D eigenvalue weighted by atomic mass is 10.0. The van der Waals surface area contributed by atoms with Crippen LogP contribution in [0.1, 0.15) is 5.56 Å². The first-order valence-electron chi connectivity index (χ1n) is 4.58. The first-order valence-corrected chi connectivity index (χ1v) is 4.96. The van der Waals surface area contributed by atoms with E-state index in [2.05, 4.69) is 6.07 Å². The van der Waals surface area contributed by atoms with Gasteiger partial charge in [0.1, 0.15) is 11.9 Å². The van der Waals surface area contributed by atoms with Gasteiger partial charge in [0.15, 0.2) is 0 Å². The fourth-order valence-corrected chi connectivity index (χ4v) is 1.66. The number of halogens is 2. The summed E-state index contributed by atoms with van der Waals surface area (Å²) in [5, 5.41) is 9.33. The molecule has 3 heteroatoms. The van der Waals surface area contributed by atoms with Crippen LogP contribution < -0.4 is 0 Å². The number of nitrogens with zero attached hydrogens (tertiary/aromatic N) is 1. The van der Waals surface area contributed by atoms with E-state index in [4.69, 9.17) is 16.9 Å². The van der Waals surface area contributed by atoms with Crippen LogP contribution in [0.4, 0.5) is 4.39 Å². The summed E-state index contributed by atoms with van der Waals surface area (Å²) in [5.41, 5.74) is 1.28. The topological polar surface area (TPSA) is 23.8 Å². The van der Waals surface area contributed by atoms with Gasteiger partial charge >= 0.3 is 0 Å². The van der Waals surface area contributed by atoms with Crippen molar-refractivity contribution in [2.45, 2.75) is 0 Å². The second-order valence-corrected chi connectivity index (χ2v) is 3.61. The van der Waals surface area contributed by atoms with Crippen molar-refractivity contribution < 1.29 is 4.39 Å². The molecule has 16 heavy (non-hydrogen) atoms. The molecule has 0 saturated carbocycles. The van der Waals surface area contributed by atoms with Crippen LogP contribution in [-0.4, -0.2) is 0 Å². The molecule has 77 valence electrons. The fraction of sp³-hybridized carbons (Fsp3) is 0. The van der Waals surface area contributed by atoms with E-state index >= 15 is 0 Å². The van der Waals surface area contributed by atoms with Gasteiger partial charge in [0.2, 0.25) is 0 Å². The van der Waals surface area contributed by atoms with E-state index in [0.29, 0.717) is 16.1 Å². The van der Waals surface area contributed by atoms with Crippen molar-refractivity contribution in [3.8, 4) is 17.2 Å². The standard InChI is InChI=1S/C13H6ClFN/c14-10-4-1-3-9(7-10)11-5-2-6-13(15)12(11)8-16/h1-3,5-7H. The molecule has 0 heterocycles. The average molecular weight is 231 g/mol. The highest BCUT2D eigenvalue weighted by atomic mass is 35.5. The van der Waals surface area contributed by atoms with Crippen LogP contribution in [0.2, 0.25) is 5.02 Å². The Balaban J connectivity index is 2.66. The first-order chi connectivity index (χ1) is 7.72. The van der Waals surface area contributed by atoms with Crippen LogP contribution in [0, 0.1) is 23.2 Å². The SMILES string of the molecule is N#Cc1c(F)cccc1-c1cc[c]c(Cl)c1. The van der Waals surface area contributed by atoms with Crippen LogP contribution in [-0.2, 0) is 0 Å². The normalized spacial score (nSPS) is 9.81. The number of rotatable bonds is 1. The van der Waals surface area contributed by atoms with Crippen molar-refractivity contribution in [2.75, 3.05) is 0 Å². The summed E-state index contributed by atoms with van der Waals surface area (Å²) in [5.74, 6) is -0.524. The van der Waals surface area contributed by atoms with Crippen molar-refractivity contribution >= 4 is 11.6 Å². The summed E-state index contributed by atoms with van der Waals surface area (Å²) in [7, 11) is 0. The molecule has 0 aliphatic rings. The summed E-state index contributed by atoms with van der Waals surface area (Å²) in [6.45, 7) is 0. The van der Waals surface area contributed by atoms with E-state index in [9.17, 15) is 4.39 Å². The molecule has 0 N–H and O–H groups in total. The quantitative estimate of drug-likeness (QED) is 0.731. The molecule has 2 rings (SSSR count). The molecule has 0 atom stereocenters. The zero-order chi connectivity index (χ0) is 11.5. The van der Waals surface area contributed by atoms with Crippen molar-refractivity contribution in [3.63, 3.8) is 0 Å². The maximum absolute atomic E-state index is 13.4. The molecule has 0 amide bonds. The third kappa shape index (κ3) is 1.91. The minimum absolute atomic E-state index is 0.0322. The Morgan fingerprint density at radius 1 is 1.31 bits per heavy atom. The molecule has 0 bridgehead atoms. The minimum atomic E-state index is -0.524. The van der Waals surface area contributed by atoms with Crippen LogP contribution in [0.5, 0.6) is 0 Å². The molecule has 1 nitrogen and oxygen atoms in total. The second kappa shape index (κ2) is 4.34. The first kappa shape index (κ1) is 10.7. The summed E-state index contributed by atoms with van der Waals surface area (Å²) in [4.78, 5) is 0. The van der Waals surface area contributed by atoms with Crippen LogP contribution >= 0.6 is 11.6 Å². The molecular weight excluding hydrogens is 225 g/mol. The number of hydrogen-bond acceptors (Lipinski definition) is 1. The molecule has 2 aromatic carbocycles. The Hall–Kier alpha value is -1.85. The molecule has 0 aliphatic heterocycles. The summed E-state index contributed by atoms with van der Waals surface area (Å²) < 4.78 is 13.4. The van der Waals surface area contributed by atoms with Gasteiger partial charge in [0.25, 0.3) is 0 Å². The molecule has 2 aromatic rings. The van der Waals surface area contributed by atoms with E-state index in [1.807, 2.05) is 6.07 Å². The maximum Gasteiger partial charge on any atom is 0.141 e. The highest BCUT2D eigenvalue weighted by molar-refractivity contribution is 6.30. The molecule has 0 unspecified atom stereocenters. The molecule has 0 aliphatic carbocycles. The fourth-order valence-electron chi connectivity index (χ4n) is 1.48. The number of benzene rings is 2. The van der Waals surface area contributed by atoms with Gasteiger partial charge in [0.05, 0.1) is 5.56 Å². The molecule has 0 spiro atoms. The monoisotopic (exact) mass is 230 g/mol. The minimum Gasteiger partial charge on any atom is -0.206 e. The van der Waals surface area contributed by atoms with Gasteiger partial charge in [-0.25, -0.2) is 4.39 Å². The van der Waals surface area contributed by atoms with Gasteiger partial charge in [-0.3, -0.25) is 0 Å². The maximum atomic E-state index is 13.4.